The standard InChI is InChI=1S/C21H12O6/c22-10-11-7-13(24)9-18-19(11)21(16-6-5-12(23)8-17(16)26-18)15-4-2-1-3-14(15)20(25)27-21/h1-10,23-24H. The zero-order chi connectivity index (χ0) is 18.8. The molecule has 1 spiro atoms. The van der Waals surface area contributed by atoms with Gasteiger partial charge in [0.2, 0.25) is 0 Å². The Hall–Kier alpha value is -3.80. The minimum absolute atomic E-state index is 0.0271. The molecule has 132 valence electrons. The summed E-state index contributed by atoms with van der Waals surface area (Å²) in [6.07, 6.45) is 0.587. The Labute approximate surface area is 153 Å². The van der Waals surface area contributed by atoms with Gasteiger partial charge in [0.05, 0.1) is 11.1 Å². The van der Waals surface area contributed by atoms with Crippen LogP contribution in [0, 0.1) is 0 Å². The lowest BCUT2D eigenvalue weighted by Crippen LogP contribution is -2.34. The van der Waals surface area contributed by atoms with Gasteiger partial charge in [0, 0.05) is 28.8 Å². The van der Waals surface area contributed by atoms with Crippen molar-refractivity contribution in [2.24, 2.45) is 0 Å². The molecule has 0 amide bonds. The molecule has 0 aromatic heterocycles. The number of hydrogen-bond donors (Lipinski definition) is 2. The maximum atomic E-state index is 12.6. The zero-order valence-corrected chi connectivity index (χ0v) is 13.8. The van der Waals surface area contributed by atoms with Crippen LogP contribution < -0.4 is 4.74 Å². The second-order valence-corrected chi connectivity index (χ2v) is 6.42. The number of aromatic hydroxyl groups is 2. The number of rotatable bonds is 1. The molecule has 27 heavy (non-hydrogen) atoms. The van der Waals surface area contributed by atoms with Crippen LogP contribution in [0.2, 0.25) is 0 Å². The van der Waals surface area contributed by atoms with Crippen molar-refractivity contribution in [3.63, 3.8) is 0 Å². The molecule has 0 aliphatic carbocycles. The van der Waals surface area contributed by atoms with Crippen molar-refractivity contribution in [1.82, 2.24) is 0 Å². The predicted octanol–water partition coefficient (Wildman–Crippen LogP) is 3.48. The quantitative estimate of drug-likeness (QED) is 0.510. The molecule has 3 aromatic rings. The number of hydrogen-bond acceptors (Lipinski definition) is 6. The number of phenols is 2. The molecular formula is C21H12O6. The molecule has 0 saturated heterocycles. The van der Waals surface area contributed by atoms with Gasteiger partial charge in [-0.1, -0.05) is 18.2 Å². The van der Waals surface area contributed by atoms with E-state index in [9.17, 15) is 19.8 Å². The third-order valence-corrected chi connectivity index (χ3v) is 4.93. The Morgan fingerprint density at radius 1 is 0.889 bits per heavy atom. The summed E-state index contributed by atoms with van der Waals surface area (Å²) >= 11 is 0. The third-order valence-electron chi connectivity index (χ3n) is 4.93. The fourth-order valence-electron chi connectivity index (χ4n) is 3.91. The summed E-state index contributed by atoms with van der Waals surface area (Å²) in [5.41, 5.74) is 0.517. The molecule has 2 aliphatic rings. The average molecular weight is 360 g/mol. The van der Waals surface area contributed by atoms with Crippen LogP contribution in [-0.2, 0) is 10.3 Å². The SMILES string of the molecule is O=Cc1cc(O)cc2c1C1(OC(=O)c3ccccc31)c1ccc(O)cc1O2. The minimum Gasteiger partial charge on any atom is -0.508 e. The van der Waals surface area contributed by atoms with Crippen molar-refractivity contribution in [1.29, 1.82) is 0 Å². The van der Waals surface area contributed by atoms with Crippen LogP contribution in [0.25, 0.3) is 0 Å². The summed E-state index contributed by atoms with van der Waals surface area (Å²) in [5.74, 6) is -0.260. The molecule has 1 unspecified atom stereocenters. The van der Waals surface area contributed by atoms with Gasteiger partial charge in [-0.05, 0) is 24.3 Å². The van der Waals surface area contributed by atoms with Gasteiger partial charge < -0.3 is 19.7 Å². The molecule has 1 atom stereocenters. The molecule has 0 saturated carbocycles. The highest BCUT2D eigenvalue weighted by Crippen LogP contribution is 2.57. The van der Waals surface area contributed by atoms with E-state index in [-0.39, 0.29) is 28.6 Å². The van der Waals surface area contributed by atoms with E-state index >= 15 is 0 Å². The number of esters is 1. The number of carbonyl (C=O) groups is 2. The summed E-state index contributed by atoms with van der Waals surface area (Å²) < 4.78 is 11.7. The smallest absolute Gasteiger partial charge is 0.340 e. The van der Waals surface area contributed by atoms with Crippen LogP contribution >= 0.6 is 0 Å². The monoisotopic (exact) mass is 360 g/mol. The van der Waals surface area contributed by atoms with E-state index in [4.69, 9.17) is 9.47 Å². The summed E-state index contributed by atoms with van der Waals surface area (Å²) in [5, 5.41) is 19.9. The van der Waals surface area contributed by atoms with Crippen molar-refractivity contribution >= 4 is 12.3 Å². The molecular weight excluding hydrogens is 348 g/mol. The molecule has 6 nitrogen and oxygen atoms in total. The highest BCUT2D eigenvalue weighted by atomic mass is 16.6. The molecule has 6 heteroatoms. The lowest BCUT2D eigenvalue weighted by Gasteiger charge is -2.37. The predicted molar refractivity (Wildman–Crippen MR) is 93.4 cm³/mol. The lowest BCUT2D eigenvalue weighted by molar-refractivity contribution is 0.0221. The van der Waals surface area contributed by atoms with E-state index in [1.807, 2.05) is 0 Å². The molecule has 0 fully saturated rings. The van der Waals surface area contributed by atoms with Gasteiger partial charge in [-0.25, -0.2) is 4.79 Å². The van der Waals surface area contributed by atoms with Gasteiger partial charge in [0.1, 0.15) is 23.0 Å². The first-order chi connectivity index (χ1) is 13.0. The lowest BCUT2D eigenvalue weighted by atomic mass is 9.76. The van der Waals surface area contributed by atoms with E-state index in [1.165, 1.54) is 24.3 Å². The average Bonchev–Trinajstić information content (AvgIpc) is 2.94. The zero-order valence-electron chi connectivity index (χ0n) is 13.8. The Balaban J connectivity index is 1.96. The highest BCUT2D eigenvalue weighted by Gasteiger charge is 2.54. The summed E-state index contributed by atoms with van der Waals surface area (Å²) in [6, 6.07) is 14.0. The van der Waals surface area contributed by atoms with Crippen LogP contribution in [0.5, 0.6) is 23.0 Å². The van der Waals surface area contributed by atoms with Gasteiger partial charge in [0.25, 0.3) is 0 Å². The fourth-order valence-corrected chi connectivity index (χ4v) is 3.91. The van der Waals surface area contributed by atoms with Crippen LogP contribution in [0.15, 0.2) is 54.6 Å². The fraction of sp³-hybridized carbons (Fsp3) is 0.0476. The van der Waals surface area contributed by atoms with Gasteiger partial charge in [-0.2, -0.15) is 0 Å². The Morgan fingerprint density at radius 2 is 1.67 bits per heavy atom. The molecule has 5 rings (SSSR count). The molecule has 2 aliphatic heterocycles. The summed E-state index contributed by atoms with van der Waals surface area (Å²) in [6.45, 7) is 0. The van der Waals surface area contributed by atoms with E-state index in [2.05, 4.69) is 0 Å². The number of carbonyl (C=O) groups excluding carboxylic acids is 2. The minimum atomic E-state index is -1.41. The van der Waals surface area contributed by atoms with Crippen molar-refractivity contribution in [2.45, 2.75) is 5.60 Å². The van der Waals surface area contributed by atoms with Gasteiger partial charge in [-0.15, -0.1) is 0 Å². The highest BCUT2D eigenvalue weighted by molar-refractivity contribution is 5.98. The van der Waals surface area contributed by atoms with Gasteiger partial charge in [0.15, 0.2) is 11.9 Å². The van der Waals surface area contributed by atoms with Crippen LogP contribution in [-0.4, -0.2) is 22.5 Å². The molecule has 0 bridgehead atoms. The number of benzene rings is 3. The number of ether oxygens (including phenoxy) is 2. The number of phenolic OH excluding ortho intramolecular Hbond substituents is 2. The van der Waals surface area contributed by atoms with Gasteiger partial charge >= 0.3 is 5.97 Å². The van der Waals surface area contributed by atoms with Crippen molar-refractivity contribution in [2.75, 3.05) is 0 Å². The van der Waals surface area contributed by atoms with Crippen molar-refractivity contribution < 1.29 is 29.3 Å². The first-order valence-electron chi connectivity index (χ1n) is 8.21. The molecule has 2 heterocycles. The Kier molecular flexibility index (Phi) is 2.92. The molecule has 3 aromatic carbocycles. The van der Waals surface area contributed by atoms with Gasteiger partial charge in [-0.3, -0.25) is 4.79 Å². The third kappa shape index (κ3) is 1.89. The summed E-state index contributed by atoms with van der Waals surface area (Å²) in [4.78, 5) is 24.4. The van der Waals surface area contributed by atoms with E-state index in [0.717, 1.165) is 0 Å². The maximum absolute atomic E-state index is 12.6. The molecule has 2 N–H and O–H groups in total. The normalized spacial score (nSPS) is 18.9. The Morgan fingerprint density at radius 3 is 2.48 bits per heavy atom. The number of fused-ring (bicyclic) bond motifs is 6. The summed E-state index contributed by atoms with van der Waals surface area (Å²) in [7, 11) is 0. The first-order valence-corrected chi connectivity index (χ1v) is 8.21. The van der Waals surface area contributed by atoms with E-state index < -0.39 is 11.6 Å². The van der Waals surface area contributed by atoms with E-state index in [0.29, 0.717) is 28.5 Å². The van der Waals surface area contributed by atoms with Crippen molar-refractivity contribution in [3.05, 3.63) is 82.4 Å². The first kappa shape index (κ1) is 15.5. The molecule has 0 radical (unpaired) electrons. The van der Waals surface area contributed by atoms with Crippen molar-refractivity contribution in [3.8, 4) is 23.0 Å². The van der Waals surface area contributed by atoms with E-state index in [1.54, 1.807) is 30.3 Å². The van der Waals surface area contributed by atoms with Crippen LogP contribution in [0.3, 0.4) is 0 Å². The van der Waals surface area contributed by atoms with Crippen LogP contribution in [0.4, 0.5) is 0 Å². The Bertz CT molecular complexity index is 1150. The van der Waals surface area contributed by atoms with Crippen LogP contribution in [0.1, 0.15) is 37.4 Å². The number of aldehydes is 1. The maximum Gasteiger partial charge on any atom is 0.340 e. The second-order valence-electron chi connectivity index (χ2n) is 6.42. The largest absolute Gasteiger partial charge is 0.508 e. The second kappa shape index (κ2) is 5.11. The topological polar surface area (TPSA) is 93.1 Å².